The molecular formula is C20H19NO5. The lowest BCUT2D eigenvalue weighted by Crippen LogP contribution is -2.33. The van der Waals surface area contributed by atoms with Crippen molar-refractivity contribution in [2.24, 2.45) is 0 Å². The van der Waals surface area contributed by atoms with Gasteiger partial charge in [-0.2, -0.15) is 0 Å². The van der Waals surface area contributed by atoms with Crippen molar-refractivity contribution in [2.45, 2.75) is 19.4 Å². The van der Waals surface area contributed by atoms with Crippen molar-refractivity contribution < 1.29 is 19.4 Å². The van der Waals surface area contributed by atoms with E-state index in [1.165, 1.54) is 12.1 Å². The summed E-state index contributed by atoms with van der Waals surface area (Å²) in [6.45, 7) is 1.49. The molecule has 3 aromatic rings. The summed E-state index contributed by atoms with van der Waals surface area (Å²) in [5.41, 5.74) is 1.32. The van der Waals surface area contributed by atoms with E-state index in [0.717, 1.165) is 5.56 Å². The van der Waals surface area contributed by atoms with Gasteiger partial charge in [0.05, 0.1) is 24.6 Å². The Bertz CT molecular complexity index is 994. The Morgan fingerprint density at radius 1 is 1.19 bits per heavy atom. The zero-order valence-electron chi connectivity index (χ0n) is 14.2. The molecule has 1 unspecified atom stereocenters. The Balaban J connectivity index is 1.85. The van der Waals surface area contributed by atoms with Crippen LogP contribution < -0.4 is 10.9 Å². The number of phenolic OH excluding ortho intramolecular Hbond substituents is 1. The molecule has 0 aliphatic rings. The van der Waals surface area contributed by atoms with Crippen molar-refractivity contribution in [2.75, 3.05) is 6.61 Å². The number of aliphatic hydroxyl groups is 1. The molecule has 134 valence electrons. The number of phenols is 1. The molecule has 0 aliphatic carbocycles. The minimum atomic E-state index is -0.615. The molecule has 6 nitrogen and oxygen atoms in total. The first-order valence-electron chi connectivity index (χ1n) is 8.20. The van der Waals surface area contributed by atoms with E-state index >= 15 is 0 Å². The third-order valence-electron chi connectivity index (χ3n) is 4.33. The highest BCUT2D eigenvalue weighted by atomic mass is 16.4. The third-order valence-corrected chi connectivity index (χ3v) is 4.33. The molecule has 2 aromatic carbocycles. The molecule has 1 amide bonds. The summed E-state index contributed by atoms with van der Waals surface area (Å²) in [5, 5.41) is 22.5. The fourth-order valence-electron chi connectivity index (χ4n) is 2.91. The van der Waals surface area contributed by atoms with Gasteiger partial charge in [-0.05, 0) is 30.2 Å². The van der Waals surface area contributed by atoms with Crippen molar-refractivity contribution in [3.05, 3.63) is 75.6 Å². The number of hydrogen-bond donors (Lipinski definition) is 3. The van der Waals surface area contributed by atoms with E-state index in [4.69, 9.17) is 4.42 Å². The molecule has 6 heteroatoms. The summed E-state index contributed by atoms with van der Waals surface area (Å²) in [6, 6.07) is 13.1. The largest absolute Gasteiger partial charge is 0.508 e. The maximum Gasteiger partial charge on any atom is 0.340 e. The van der Waals surface area contributed by atoms with Crippen molar-refractivity contribution in [3.8, 4) is 5.75 Å². The molecule has 0 aliphatic heterocycles. The fourth-order valence-corrected chi connectivity index (χ4v) is 2.91. The van der Waals surface area contributed by atoms with E-state index < -0.39 is 11.7 Å². The van der Waals surface area contributed by atoms with Crippen LogP contribution in [0, 0.1) is 6.92 Å². The van der Waals surface area contributed by atoms with Crippen molar-refractivity contribution in [1.29, 1.82) is 0 Å². The summed E-state index contributed by atoms with van der Waals surface area (Å²) in [5.74, 6) is -0.388. The van der Waals surface area contributed by atoms with Gasteiger partial charge in [-0.1, -0.05) is 30.3 Å². The Morgan fingerprint density at radius 3 is 2.62 bits per heavy atom. The quantitative estimate of drug-likeness (QED) is 0.611. The Morgan fingerprint density at radius 2 is 1.92 bits per heavy atom. The number of benzene rings is 2. The molecule has 1 heterocycles. The van der Waals surface area contributed by atoms with Crippen LogP contribution in [0.2, 0.25) is 0 Å². The Kier molecular flexibility index (Phi) is 5.04. The molecular weight excluding hydrogens is 334 g/mol. The zero-order valence-corrected chi connectivity index (χ0v) is 14.2. The van der Waals surface area contributed by atoms with Gasteiger partial charge in [-0.15, -0.1) is 0 Å². The van der Waals surface area contributed by atoms with Gasteiger partial charge < -0.3 is 19.9 Å². The van der Waals surface area contributed by atoms with E-state index in [0.29, 0.717) is 10.9 Å². The van der Waals surface area contributed by atoms with E-state index in [2.05, 4.69) is 5.32 Å². The van der Waals surface area contributed by atoms with E-state index in [1.807, 2.05) is 30.3 Å². The zero-order chi connectivity index (χ0) is 18.7. The van der Waals surface area contributed by atoms with Gasteiger partial charge in [-0.25, -0.2) is 4.79 Å². The molecule has 0 fully saturated rings. The second kappa shape index (κ2) is 7.41. The molecule has 0 saturated carbocycles. The standard InChI is InChI=1S/C20H19NO5/c1-12-15-8-7-14(23)9-18(15)26-20(25)16(12)10-19(24)21-17(11-22)13-5-3-2-4-6-13/h2-9,17,22-23H,10-11H2,1H3,(H,21,24). The Hall–Kier alpha value is -3.12. The average Bonchev–Trinajstić information content (AvgIpc) is 2.63. The minimum absolute atomic E-state index is 0.000748. The lowest BCUT2D eigenvalue weighted by atomic mass is 10.0. The van der Waals surface area contributed by atoms with Gasteiger partial charge in [-0.3, -0.25) is 4.79 Å². The highest BCUT2D eigenvalue weighted by Crippen LogP contribution is 2.23. The molecule has 0 saturated heterocycles. The molecule has 0 bridgehead atoms. The van der Waals surface area contributed by atoms with Crippen molar-refractivity contribution in [1.82, 2.24) is 5.32 Å². The van der Waals surface area contributed by atoms with Crippen LogP contribution in [-0.4, -0.2) is 22.7 Å². The van der Waals surface area contributed by atoms with Crippen molar-refractivity contribution in [3.63, 3.8) is 0 Å². The van der Waals surface area contributed by atoms with E-state index in [9.17, 15) is 19.8 Å². The summed E-state index contributed by atoms with van der Waals surface area (Å²) in [4.78, 5) is 24.7. The van der Waals surface area contributed by atoms with Crippen LogP contribution >= 0.6 is 0 Å². The van der Waals surface area contributed by atoms with Gasteiger partial charge >= 0.3 is 5.63 Å². The minimum Gasteiger partial charge on any atom is -0.508 e. The van der Waals surface area contributed by atoms with Gasteiger partial charge in [0, 0.05) is 11.5 Å². The first kappa shape index (κ1) is 17.7. The summed E-state index contributed by atoms with van der Waals surface area (Å²) in [6.07, 6.45) is -0.158. The summed E-state index contributed by atoms with van der Waals surface area (Å²) >= 11 is 0. The number of rotatable bonds is 5. The molecule has 1 aromatic heterocycles. The molecule has 3 N–H and O–H groups in total. The lowest BCUT2D eigenvalue weighted by molar-refractivity contribution is -0.121. The highest BCUT2D eigenvalue weighted by molar-refractivity contribution is 5.85. The van der Waals surface area contributed by atoms with Crippen LogP contribution in [0.1, 0.15) is 22.7 Å². The number of fused-ring (bicyclic) bond motifs is 1. The fraction of sp³-hybridized carbons (Fsp3) is 0.200. The van der Waals surface area contributed by atoms with Crippen LogP contribution in [0.25, 0.3) is 11.0 Å². The van der Waals surface area contributed by atoms with E-state index in [1.54, 1.807) is 13.0 Å². The second-order valence-corrected chi connectivity index (χ2v) is 6.06. The maximum atomic E-state index is 12.4. The third kappa shape index (κ3) is 3.60. The molecule has 0 spiro atoms. The van der Waals surface area contributed by atoms with Crippen LogP contribution in [0.15, 0.2) is 57.7 Å². The van der Waals surface area contributed by atoms with Crippen molar-refractivity contribution >= 4 is 16.9 Å². The summed E-state index contributed by atoms with van der Waals surface area (Å²) in [7, 11) is 0. The number of aromatic hydroxyl groups is 1. The number of carbonyl (C=O) groups excluding carboxylic acids is 1. The van der Waals surface area contributed by atoms with Gasteiger partial charge in [0.15, 0.2) is 0 Å². The van der Waals surface area contributed by atoms with E-state index in [-0.39, 0.29) is 35.8 Å². The smallest absolute Gasteiger partial charge is 0.340 e. The monoisotopic (exact) mass is 353 g/mol. The number of aliphatic hydroxyl groups excluding tert-OH is 1. The topological polar surface area (TPSA) is 99.8 Å². The number of nitrogens with one attached hydrogen (secondary N) is 1. The predicted octanol–water partition coefficient (Wildman–Crippen LogP) is 2.20. The Labute approximate surface area is 149 Å². The molecule has 0 radical (unpaired) electrons. The van der Waals surface area contributed by atoms with Gasteiger partial charge in [0.2, 0.25) is 5.91 Å². The molecule has 26 heavy (non-hydrogen) atoms. The first-order valence-corrected chi connectivity index (χ1v) is 8.20. The van der Waals surface area contributed by atoms with Crippen LogP contribution in [0.4, 0.5) is 0 Å². The summed E-state index contributed by atoms with van der Waals surface area (Å²) < 4.78 is 5.23. The highest BCUT2D eigenvalue weighted by Gasteiger charge is 2.18. The predicted molar refractivity (Wildman–Crippen MR) is 97.0 cm³/mol. The van der Waals surface area contributed by atoms with Crippen LogP contribution in [-0.2, 0) is 11.2 Å². The van der Waals surface area contributed by atoms with Crippen LogP contribution in [0.5, 0.6) is 5.75 Å². The van der Waals surface area contributed by atoms with Gasteiger partial charge in [0.25, 0.3) is 0 Å². The van der Waals surface area contributed by atoms with Gasteiger partial charge in [0.1, 0.15) is 11.3 Å². The van der Waals surface area contributed by atoms with Crippen LogP contribution in [0.3, 0.4) is 0 Å². The first-order chi connectivity index (χ1) is 12.5. The number of aryl methyl sites for hydroxylation is 1. The number of carbonyl (C=O) groups is 1. The number of amides is 1. The maximum absolute atomic E-state index is 12.4. The SMILES string of the molecule is Cc1c(CC(=O)NC(CO)c2ccccc2)c(=O)oc2cc(O)ccc12. The normalized spacial score (nSPS) is 12.1. The number of hydrogen-bond acceptors (Lipinski definition) is 5. The second-order valence-electron chi connectivity index (χ2n) is 6.06. The lowest BCUT2D eigenvalue weighted by Gasteiger charge is -2.17. The molecule has 3 rings (SSSR count). The average molecular weight is 353 g/mol. The molecule has 1 atom stereocenters.